The second-order valence-electron chi connectivity index (χ2n) is 4.74. The van der Waals surface area contributed by atoms with Gasteiger partial charge in [-0.15, -0.1) is 0 Å². The molecule has 17 heavy (non-hydrogen) atoms. The van der Waals surface area contributed by atoms with Gasteiger partial charge in [0.1, 0.15) is 5.75 Å². The number of carboxylic acids is 1. The third-order valence-electron chi connectivity index (χ3n) is 3.67. The Kier molecular flexibility index (Phi) is 3.36. The molecule has 0 amide bonds. The van der Waals surface area contributed by atoms with Gasteiger partial charge in [0.05, 0.1) is 13.0 Å². The van der Waals surface area contributed by atoms with Gasteiger partial charge in [-0.1, -0.05) is 18.6 Å². The molecule has 1 aromatic carbocycles. The quantitative estimate of drug-likeness (QED) is 0.871. The van der Waals surface area contributed by atoms with E-state index in [-0.39, 0.29) is 5.92 Å². The average Bonchev–Trinajstić information content (AvgIpc) is 2.22. The summed E-state index contributed by atoms with van der Waals surface area (Å²) in [5, 5.41) is 9.35. The maximum absolute atomic E-state index is 11.4. The lowest BCUT2D eigenvalue weighted by molar-refractivity contribution is -0.141. The molecule has 2 rings (SSSR count). The first kappa shape index (κ1) is 12.0. The van der Waals surface area contributed by atoms with Gasteiger partial charge >= 0.3 is 5.97 Å². The molecule has 92 valence electrons. The lowest BCUT2D eigenvalue weighted by atomic mass is 9.73. The van der Waals surface area contributed by atoms with Crippen molar-refractivity contribution >= 4 is 5.97 Å². The van der Waals surface area contributed by atoms with Gasteiger partial charge in [-0.3, -0.25) is 4.79 Å². The molecule has 1 aromatic rings. The van der Waals surface area contributed by atoms with Crippen LogP contribution in [0.2, 0.25) is 0 Å². The van der Waals surface area contributed by atoms with Crippen LogP contribution in [0.25, 0.3) is 0 Å². The number of benzene rings is 1. The lowest BCUT2D eigenvalue weighted by Crippen LogP contribution is -2.26. The molecule has 0 heterocycles. The number of aliphatic carboxylic acids is 1. The van der Waals surface area contributed by atoms with Crippen molar-refractivity contribution in [3.8, 4) is 5.75 Å². The van der Waals surface area contributed by atoms with Crippen molar-refractivity contribution < 1.29 is 14.6 Å². The van der Waals surface area contributed by atoms with Crippen LogP contribution in [0.15, 0.2) is 18.2 Å². The highest BCUT2D eigenvalue weighted by atomic mass is 16.5. The number of aryl methyl sites for hydroxylation is 1. The number of ether oxygens (including phenoxy) is 1. The summed E-state index contributed by atoms with van der Waals surface area (Å²) in [4.78, 5) is 11.4. The van der Waals surface area contributed by atoms with Crippen LogP contribution in [0, 0.1) is 12.8 Å². The Labute approximate surface area is 101 Å². The molecule has 1 aliphatic rings. The maximum atomic E-state index is 11.4. The molecule has 1 fully saturated rings. The van der Waals surface area contributed by atoms with Crippen molar-refractivity contribution in [2.45, 2.75) is 32.1 Å². The topological polar surface area (TPSA) is 46.5 Å². The highest BCUT2D eigenvalue weighted by Crippen LogP contribution is 2.40. The zero-order chi connectivity index (χ0) is 12.4. The van der Waals surface area contributed by atoms with Crippen LogP contribution in [0.5, 0.6) is 5.75 Å². The van der Waals surface area contributed by atoms with E-state index in [1.54, 1.807) is 7.11 Å². The fourth-order valence-corrected chi connectivity index (χ4v) is 2.48. The Bertz CT molecular complexity index is 421. The number of methoxy groups -OCH3 is 1. The first-order chi connectivity index (χ1) is 8.13. The van der Waals surface area contributed by atoms with Gasteiger partial charge in [0, 0.05) is 0 Å². The zero-order valence-corrected chi connectivity index (χ0v) is 10.3. The van der Waals surface area contributed by atoms with Gasteiger partial charge in [0.25, 0.3) is 0 Å². The molecule has 1 N–H and O–H groups in total. The smallest absolute Gasteiger partial charge is 0.311 e. The minimum Gasteiger partial charge on any atom is -0.496 e. The molecule has 0 aliphatic heterocycles. The molecule has 1 aliphatic carbocycles. The Morgan fingerprint density at radius 2 is 2.18 bits per heavy atom. The van der Waals surface area contributed by atoms with Crippen molar-refractivity contribution in [3.63, 3.8) is 0 Å². The summed E-state index contributed by atoms with van der Waals surface area (Å²) in [5.41, 5.74) is 1.90. The molecule has 0 spiro atoms. The van der Waals surface area contributed by atoms with Crippen molar-refractivity contribution in [2.75, 3.05) is 7.11 Å². The van der Waals surface area contributed by atoms with E-state index in [4.69, 9.17) is 4.74 Å². The van der Waals surface area contributed by atoms with Crippen molar-refractivity contribution in [1.29, 1.82) is 0 Å². The zero-order valence-electron chi connectivity index (χ0n) is 10.3. The fraction of sp³-hybridized carbons (Fsp3) is 0.500. The Hall–Kier alpha value is -1.51. The summed E-state index contributed by atoms with van der Waals surface area (Å²) < 4.78 is 5.19. The highest BCUT2D eigenvalue weighted by molar-refractivity contribution is 5.77. The predicted molar refractivity (Wildman–Crippen MR) is 65.4 cm³/mol. The third-order valence-corrected chi connectivity index (χ3v) is 3.67. The number of hydrogen-bond donors (Lipinski definition) is 1. The molecule has 0 aromatic heterocycles. The minimum atomic E-state index is -0.709. The van der Waals surface area contributed by atoms with Crippen molar-refractivity contribution in [1.82, 2.24) is 0 Å². The molecule has 0 saturated heterocycles. The standard InChI is InChI=1S/C14H18O3/c1-9-8-11(6-7-12(9)17-2)13(14(15)16)10-4-3-5-10/h6-8,10,13H,3-5H2,1-2H3,(H,15,16). The van der Waals surface area contributed by atoms with Crippen LogP contribution in [-0.2, 0) is 4.79 Å². The van der Waals surface area contributed by atoms with E-state index >= 15 is 0 Å². The summed E-state index contributed by atoms with van der Waals surface area (Å²) in [6, 6.07) is 5.68. The number of carbonyl (C=O) groups is 1. The van der Waals surface area contributed by atoms with E-state index in [0.29, 0.717) is 5.92 Å². The second-order valence-corrected chi connectivity index (χ2v) is 4.74. The van der Waals surface area contributed by atoms with Crippen molar-refractivity contribution in [2.24, 2.45) is 5.92 Å². The lowest BCUT2D eigenvalue weighted by Gasteiger charge is -2.31. The number of hydrogen-bond acceptors (Lipinski definition) is 2. The summed E-state index contributed by atoms with van der Waals surface area (Å²) in [7, 11) is 1.63. The maximum Gasteiger partial charge on any atom is 0.311 e. The largest absolute Gasteiger partial charge is 0.496 e. The van der Waals surface area contributed by atoms with Crippen LogP contribution in [0.1, 0.15) is 36.3 Å². The molecular formula is C14H18O3. The monoisotopic (exact) mass is 234 g/mol. The first-order valence-corrected chi connectivity index (χ1v) is 6.01. The Morgan fingerprint density at radius 3 is 2.59 bits per heavy atom. The SMILES string of the molecule is COc1ccc(C(C(=O)O)C2CCC2)cc1C. The molecule has 0 bridgehead atoms. The van der Waals surface area contributed by atoms with Crippen LogP contribution < -0.4 is 4.74 Å². The summed E-state index contributed by atoms with van der Waals surface area (Å²) in [6.07, 6.45) is 3.22. The summed E-state index contributed by atoms with van der Waals surface area (Å²) in [5.74, 6) is 0.0550. The number of rotatable bonds is 4. The molecule has 0 radical (unpaired) electrons. The highest BCUT2D eigenvalue weighted by Gasteiger charge is 2.33. The molecule has 1 saturated carbocycles. The van der Waals surface area contributed by atoms with Crippen LogP contribution in [0.4, 0.5) is 0 Å². The van der Waals surface area contributed by atoms with E-state index in [1.807, 2.05) is 25.1 Å². The first-order valence-electron chi connectivity index (χ1n) is 6.01. The van der Waals surface area contributed by atoms with Crippen molar-refractivity contribution in [3.05, 3.63) is 29.3 Å². The molecule has 3 heteroatoms. The summed E-state index contributed by atoms with van der Waals surface area (Å²) in [6.45, 7) is 1.95. The van der Waals surface area contributed by atoms with Crippen LogP contribution in [0.3, 0.4) is 0 Å². The normalized spacial score (nSPS) is 17.3. The van der Waals surface area contributed by atoms with Gasteiger partial charge in [0.2, 0.25) is 0 Å². The average molecular weight is 234 g/mol. The van der Waals surface area contributed by atoms with E-state index in [0.717, 1.165) is 36.1 Å². The van der Waals surface area contributed by atoms with E-state index in [2.05, 4.69) is 0 Å². The molecular weight excluding hydrogens is 216 g/mol. The van der Waals surface area contributed by atoms with Gasteiger partial charge in [0.15, 0.2) is 0 Å². The number of carboxylic acid groups (broad SMARTS) is 1. The minimum absolute atomic E-state index is 0.306. The Morgan fingerprint density at radius 1 is 1.47 bits per heavy atom. The molecule has 1 atom stereocenters. The van der Waals surface area contributed by atoms with Crippen LogP contribution >= 0.6 is 0 Å². The van der Waals surface area contributed by atoms with Gasteiger partial charge in [-0.2, -0.15) is 0 Å². The third kappa shape index (κ3) is 2.28. The molecule has 3 nitrogen and oxygen atoms in total. The van der Waals surface area contributed by atoms with Gasteiger partial charge in [-0.05, 0) is 42.9 Å². The van der Waals surface area contributed by atoms with E-state index in [9.17, 15) is 9.90 Å². The van der Waals surface area contributed by atoms with Gasteiger partial charge < -0.3 is 9.84 Å². The van der Waals surface area contributed by atoms with Gasteiger partial charge in [-0.25, -0.2) is 0 Å². The van der Waals surface area contributed by atoms with Crippen LogP contribution in [-0.4, -0.2) is 18.2 Å². The molecule has 1 unspecified atom stereocenters. The second kappa shape index (κ2) is 4.78. The van der Waals surface area contributed by atoms with E-state index < -0.39 is 5.97 Å². The fourth-order valence-electron chi connectivity index (χ4n) is 2.48. The van der Waals surface area contributed by atoms with E-state index in [1.165, 1.54) is 0 Å². The summed E-state index contributed by atoms with van der Waals surface area (Å²) >= 11 is 0. The Balaban J connectivity index is 2.29. The predicted octanol–water partition coefficient (Wildman–Crippen LogP) is 2.97.